The normalized spacial score (nSPS) is 17.2. The Morgan fingerprint density at radius 3 is 2.77 bits per heavy atom. The molecule has 0 unspecified atom stereocenters. The van der Waals surface area contributed by atoms with E-state index in [2.05, 4.69) is 0 Å². The summed E-state index contributed by atoms with van der Waals surface area (Å²) in [6.45, 7) is 1.66. The number of hydrogen-bond donors (Lipinski definition) is 0. The third kappa shape index (κ3) is 3.56. The van der Waals surface area contributed by atoms with E-state index in [1.54, 1.807) is 31.2 Å². The quantitative estimate of drug-likeness (QED) is 0.560. The monoisotopic (exact) mass is 406 g/mol. The van der Waals surface area contributed by atoms with Crippen LogP contribution in [0.25, 0.3) is 17.4 Å². The number of thiocarbonyl (C=S) groups is 1. The molecule has 1 atom stereocenters. The molecule has 0 aliphatic carbocycles. The second-order valence-electron chi connectivity index (χ2n) is 5.48. The van der Waals surface area contributed by atoms with E-state index in [0.717, 1.165) is 22.2 Å². The van der Waals surface area contributed by atoms with Crippen molar-refractivity contribution in [1.82, 2.24) is 4.90 Å². The number of carboxylic acid groups (broad SMARTS) is 1. The molecule has 1 saturated heterocycles. The lowest BCUT2D eigenvalue weighted by molar-refractivity contribution is -0.310. The summed E-state index contributed by atoms with van der Waals surface area (Å²) in [5, 5.41) is 11.8. The van der Waals surface area contributed by atoms with Crippen molar-refractivity contribution in [1.29, 1.82) is 0 Å². The van der Waals surface area contributed by atoms with Crippen LogP contribution in [0, 0.1) is 0 Å². The Labute approximate surface area is 164 Å². The van der Waals surface area contributed by atoms with Gasteiger partial charge in [0.25, 0.3) is 5.91 Å². The van der Waals surface area contributed by atoms with E-state index in [1.165, 1.54) is 0 Å². The average Bonchev–Trinajstić information content (AvgIpc) is 3.16. The third-order valence-electron chi connectivity index (χ3n) is 3.83. The van der Waals surface area contributed by atoms with Crippen LogP contribution >= 0.6 is 35.6 Å². The minimum atomic E-state index is -1.33. The molecule has 1 aliphatic heterocycles. The Hall–Kier alpha value is -2.09. The van der Waals surface area contributed by atoms with Gasteiger partial charge >= 0.3 is 0 Å². The highest BCUT2D eigenvalue weighted by molar-refractivity contribution is 8.26. The highest BCUT2D eigenvalue weighted by Gasteiger charge is 2.37. The van der Waals surface area contributed by atoms with E-state index in [1.807, 2.05) is 18.2 Å². The number of hydrogen-bond acceptors (Lipinski definition) is 6. The number of halogens is 1. The fourth-order valence-corrected chi connectivity index (χ4v) is 4.13. The van der Waals surface area contributed by atoms with Crippen LogP contribution in [-0.4, -0.2) is 27.1 Å². The Balaban J connectivity index is 1.88. The summed E-state index contributed by atoms with van der Waals surface area (Å²) < 4.78 is 5.94. The van der Waals surface area contributed by atoms with E-state index in [-0.39, 0.29) is 10.7 Å². The number of carboxylic acids is 1. The SMILES string of the molecule is CC[C@H](C(=O)[O-])N1C(=O)/C(=C\c2ccc(-c3ccccc3Cl)o2)SC1=S. The molecular weight excluding hydrogens is 394 g/mol. The molecule has 8 heteroatoms. The van der Waals surface area contributed by atoms with Crippen LogP contribution in [-0.2, 0) is 9.59 Å². The highest BCUT2D eigenvalue weighted by Crippen LogP contribution is 2.36. The van der Waals surface area contributed by atoms with Crippen LogP contribution in [0.3, 0.4) is 0 Å². The maximum absolute atomic E-state index is 12.6. The summed E-state index contributed by atoms with van der Waals surface area (Å²) in [6.07, 6.45) is 1.75. The smallest absolute Gasteiger partial charge is 0.266 e. The molecule has 1 aliphatic rings. The predicted octanol–water partition coefficient (Wildman–Crippen LogP) is 3.33. The van der Waals surface area contributed by atoms with Gasteiger partial charge in [-0.2, -0.15) is 0 Å². The number of nitrogens with zero attached hydrogens (tertiary/aromatic N) is 1. The van der Waals surface area contributed by atoms with Crippen molar-refractivity contribution in [2.24, 2.45) is 0 Å². The zero-order chi connectivity index (χ0) is 18.8. The van der Waals surface area contributed by atoms with Gasteiger partial charge < -0.3 is 14.3 Å². The van der Waals surface area contributed by atoms with Crippen molar-refractivity contribution in [2.45, 2.75) is 19.4 Å². The van der Waals surface area contributed by atoms with Crippen molar-refractivity contribution in [2.75, 3.05) is 0 Å². The first-order chi connectivity index (χ1) is 12.4. The van der Waals surface area contributed by atoms with Gasteiger partial charge in [-0.15, -0.1) is 0 Å². The molecular formula is C18H13ClNO4S2-. The second-order valence-corrected chi connectivity index (χ2v) is 7.56. The molecule has 134 valence electrons. The van der Waals surface area contributed by atoms with Crippen molar-refractivity contribution < 1.29 is 19.1 Å². The summed E-state index contributed by atoms with van der Waals surface area (Å²) >= 11 is 12.4. The third-order valence-corrected chi connectivity index (χ3v) is 5.49. The van der Waals surface area contributed by atoms with Gasteiger partial charge in [-0.3, -0.25) is 9.69 Å². The molecule has 1 fully saturated rings. The zero-order valence-electron chi connectivity index (χ0n) is 13.6. The molecule has 0 saturated carbocycles. The summed E-state index contributed by atoms with van der Waals surface area (Å²) in [6, 6.07) is 9.64. The molecule has 0 radical (unpaired) electrons. The number of carbonyl (C=O) groups excluding carboxylic acids is 2. The number of rotatable bonds is 5. The molecule has 0 spiro atoms. The van der Waals surface area contributed by atoms with E-state index >= 15 is 0 Å². The molecule has 2 aromatic rings. The van der Waals surface area contributed by atoms with E-state index in [9.17, 15) is 14.7 Å². The molecule has 5 nitrogen and oxygen atoms in total. The first-order valence-electron chi connectivity index (χ1n) is 7.75. The lowest BCUT2D eigenvalue weighted by Gasteiger charge is -2.26. The van der Waals surface area contributed by atoms with Gasteiger partial charge in [0, 0.05) is 11.6 Å². The Morgan fingerprint density at radius 2 is 2.12 bits per heavy atom. The van der Waals surface area contributed by atoms with E-state index < -0.39 is 17.9 Å². The lowest BCUT2D eigenvalue weighted by atomic mass is 10.2. The molecule has 3 rings (SSSR count). The van der Waals surface area contributed by atoms with E-state index in [4.69, 9.17) is 28.2 Å². The standard InChI is InChI=1S/C18H14ClNO4S2/c1-2-13(17(22)23)20-16(21)15(26-18(20)25)9-10-7-8-14(24-10)11-5-3-4-6-12(11)19/h3-9,13H,2H2,1H3,(H,22,23)/p-1/b15-9+/t13-/m1/s1. The summed E-state index contributed by atoms with van der Waals surface area (Å²) in [5.41, 5.74) is 0.740. The van der Waals surface area contributed by atoms with Crippen LogP contribution < -0.4 is 5.11 Å². The molecule has 0 N–H and O–H groups in total. The molecule has 1 aromatic heterocycles. The molecule has 0 bridgehead atoms. The Morgan fingerprint density at radius 1 is 1.38 bits per heavy atom. The summed E-state index contributed by atoms with van der Waals surface area (Å²) in [7, 11) is 0. The number of thioether (sulfide) groups is 1. The number of carbonyl (C=O) groups is 2. The minimum absolute atomic E-state index is 0.190. The molecule has 1 aromatic carbocycles. The zero-order valence-corrected chi connectivity index (χ0v) is 16.0. The molecule has 26 heavy (non-hydrogen) atoms. The summed E-state index contributed by atoms with van der Waals surface area (Å²) in [4.78, 5) is 25.2. The average molecular weight is 407 g/mol. The van der Waals surface area contributed by atoms with Gasteiger partial charge in [0.15, 0.2) is 0 Å². The van der Waals surface area contributed by atoms with Gasteiger partial charge in [-0.25, -0.2) is 0 Å². The maximum atomic E-state index is 12.6. The van der Waals surface area contributed by atoms with Crippen molar-refractivity contribution >= 4 is 57.9 Å². The van der Waals surface area contributed by atoms with E-state index in [0.29, 0.717) is 21.4 Å². The summed E-state index contributed by atoms with van der Waals surface area (Å²) in [5.74, 6) is -0.781. The van der Waals surface area contributed by atoms with Crippen LogP contribution in [0.15, 0.2) is 45.7 Å². The van der Waals surface area contributed by atoms with Gasteiger partial charge in [-0.1, -0.05) is 54.6 Å². The minimum Gasteiger partial charge on any atom is -0.548 e. The number of aliphatic carboxylic acids is 1. The van der Waals surface area contributed by atoms with Gasteiger partial charge in [0.05, 0.1) is 21.9 Å². The van der Waals surface area contributed by atoms with Crippen LogP contribution in [0.4, 0.5) is 0 Å². The Bertz CT molecular complexity index is 921. The van der Waals surface area contributed by atoms with Crippen LogP contribution in [0.5, 0.6) is 0 Å². The molecule has 2 heterocycles. The van der Waals surface area contributed by atoms with Crippen LogP contribution in [0.2, 0.25) is 5.02 Å². The fraction of sp³-hybridized carbons (Fsp3) is 0.167. The van der Waals surface area contributed by atoms with Crippen molar-refractivity contribution in [3.05, 3.63) is 52.1 Å². The Kier molecular flexibility index (Phi) is 5.50. The van der Waals surface area contributed by atoms with Crippen LogP contribution in [0.1, 0.15) is 19.1 Å². The fourth-order valence-electron chi connectivity index (χ4n) is 2.57. The highest BCUT2D eigenvalue weighted by atomic mass is 35.5. The second kappa shape index (κ2) is 7.65. The molecule has 1 amide bonds. The van der Waals surface area contributed by atoms with Gasteiger partial charge in [-0.05, 0) is 30.7 Å². The topological polar surface area (TPSA) is 73.6 Å². The lowest BCUT2D eigenvalue weighted by Crippen LogP contribution is -2.49. The van der Waals surface area contributed by atoms with Gasteiger partial charge in [0.1, 0.15) is 15.8 Å². The van der Waals surface area contributed by atoms with Crippen molar-refractivity contribution in [3.63, 3.8) is 0 Å². The largest absolute Gasteiger partial charge is 0.548 e. The first kappa shape index (κ1) is 18.7. The first-order valence-corrected chi connectivity index (χ1v) is 9.35. The predicted molar refractivity (Wildman–Crippen MR) is 103 cm³/mol. The number of benzene rings is 1. The number of furan rings is 1. The maximum Gasteiger partial charge on any atom is 0.266 e. The van der Waals surface area contributed by atoms with Crippen molar-refractivity contribution in [3.8, 4) is 11.3 Å². The van der Waals surface area contributed by atoms with Gasteiger partial charge in [0.2, 0.25) is 0 Å². The number of amides is 1.